The Morgan fingerprint density at radius 3 is 2.56 bits per heavy atom. The van der Waals surface area contributed by atoms with Crippen molar-refractivity contribution in [2.45, 2.75) is 25.6 Å². The van der Waals surface area contributed by atoms with Crippen LogP contribution in [0.15, 0.2) is 0 Å². The monoisotopic (exact) mass is 240 g/mol. The Morgan fingerprint density at radius 2 is 2.12 bits per heavy atom. The van der Waals surface area contributed by atoms with Gasteiger partial charge in [-0.3, -0.25) is 0 Å². The van der Waals surface area contributed by atoms with E-state index in [4.69, 9.17) is 10.5 Å². The molecule has 0 aromatic carbocycles. The number of rotatable bonds is 4. The molecule has 3 nitrogen and oxygen atoms in total. The Kier molecular flexibility index (Phi) is 4.20. The third-order valence-electron chi connectivity index (χ3n) is 3.03. The van der Waals surface area contributed by atoms with Crippen molar-refractivity contribution >= 4 is 0 Å². The van der Waals surface area contributed by atoms with Crippen LogP contribution in [-0.2, 0) is 4.74 Å². The zero-order chi connectivity index (χ0) is 12.4. The highest BCUT2D eigenvalue weighted by Gasteiger charge is 2.38. The molecule has 0 spiro atoms. The predicted molar refractivity (Wildman–Crippen MR) is 55.1 cm³/mol. The second-order valence-electron chi connectivity index (χ2n) is 4.88. The maximum absolute atomic E-state index is 12.0. The lowest BCUT2D eigenvalue weighted by Crippen LogP contribution is -2.46. The van der Waals surface area contributed by atoms with Gasteiger partial charge in [0.2, 0.25) is 0 Å². The number of ether oxygens (including phenoxy) is 1. The summed E-state index contributed by atoms with van der Waals surface area (Å²) in [5, 5.41) is 0. The molecule has 0 aromatic rings. The number of alkyl halides is 3. The number of halogens is 3. The Hall–Kier alpha value is -0.330. The van der Waals surface area contributed by atoms with Gasteiger partial charge in [0, 0.05) is 24.5 Å². The highest BCUT2D eigenvalue weighted by molar-refractivity contribution is 4.91. The SMILES string of the molecule is CN(CCC(F)(F)F)CC1(C)COCC1N. The molecule has 2 atom stereocenters. The minimum absolute atomic E-state index is 0.00576. The van der Waals surface area contributed by atoms with Gasteiger partial charge in [-0.15, -0.1) is 0 Å². The average molecular weight is 240 g/mol. The van der Waals surface area contributed by atoms with E-state index in [1.54, 1.807) is 11.9 Å². The van der Waals surface area contributed by atoms with Gasteiger partial charge >= 0.3 is 6.18 Å². The molecule has 1 rings (SSSR count). The van der Waals surface area contributed by atoms with Crippen molar-refractivity contribution in [2.75, 3.05) is 33.4 Å². The van der Waals surface area contributed by atoms with E-state index in [2.05, 4.69) is 0 Å². The minimum atomic E-state index is -4.09. The van der Waals surface area contributed by atoms with Gasteiger partial charge in [0.15, 0.2) is 0 Å². The molecular weight excluding hydrogens is 221 g/mol. The van der Waals surface area contributed by atoms with Crippen molar-refractivity contribution in [3.63, 3.8) is 0 Å². The summed E-state index contributed by atoms with van der Waals surface area (Å²) < 4.78 is 41.3. The Balaban J connectivity index is 2.36. The zero-order valence-corrected chi connectivity index (χ0v) is 9.68. The highest BCUT2D eigenvalue weighted by atomic mass is 19.4. The van der Waals surface area contributed by atoms with E-state index < -0.39 is 12.6 Å². The first-order valence-corrected chi connectivity index (χ1v) is 5.31. The average Bonchev–Trinajstić information content (AvgIpc) is 2.43. The summed E-state index contributed by atoms with van der Waals surface area (Å²) in [5.41, 5.74) is 5.63. The van der Waals surface area contributed by atoms with Gasteiger partial charge in [-0.05, 0) is 7.05 Å². The summed E-state index contributed by atoms with van der Waals surface area (Å²) in [6, 6.07) is -0.0964. The summed E-state index contributed by atoms with van der Waals surface area (Å²) in [6.45, 7) is 3.50. The fraction of sp³-hybridized carbons (Fsp3) is 1.00. The van der Waals surface area contributed by atoms with Crippen LogP contribution in [0, 0.1) is 5.41 Å². The van der Waals surface area contributed by atoms with E-state index in [1.165, 1.54) is 0 Å². The van der Waals surface area contributed by atoms with Crippen molar-refractivity contribution in [3.8, 4) is 0 Å². The van der Waals surface area contributed by atoms with Crippen molar-refractivity contribution < 1.29 is 17.9 Å². The van der Waals surface area contributed by atoms with Crippen molar-refractivity contribution in [2.24, 2.45) is 11.1 Å². The molecule has 0 saturated carbocycles. The van der Waals surface area contributed by atoms with Crippen LogP contribution in [-0.4, -0.2) is 50.5 Å². The van der Waals surface area contributed by atoms with Gasteiger partial charge < -0.3 is 15.4 Å². The van der Waals surface area contributed by atoms with Gasteiger partial charge in [-0.2, -0.15) is 13.2 Å². The largest absolute Gasteiger partial charge is 0.390 e. The molecule has 2 unspecified atom stereocenters. The lowest BCUT2D eigenvalue weighted by atomic mass is 9.85. The van der Waals surface area contributed by atoms with Gasteiger partial charge in [-0.1, -0.05) is 6.92 Å². The van der Waals surface area contributed by atoms with Gasteiger partial charge in [0.1, 0.15) is 0 Å². The van der Waals surface area contributed by atoms with Crippen molar-refractivity contribution in [3.05, 3.63) is 0 Å². The fourth-order valence-corrected chi connectivity index (χ4v) is 1.90. The molecule has 1 fully saturated rings. The molecule has 96 valence electrons. The Morgan fingerprint density at radius 1 is 1.50 bits per heavy atom. The lowest BCUT2D eigenvalue weighted by molar-refractivity contribution is -0.138. The molecular formula is C10H19F3N2O. The molecule has 0 bridgehead atoms. The topological polar surface area (TPSA) is 38.5 Å². The number of hydrogen-bond acceptors (Lipinski definition) is 3. The van der Waals surface area contributed by atoms with Crippen LogP contribution >= 0.6 is 0 Å². The van der Waals surface area contributed by atoms with Gasteiger partial charge in [-0.25, -0.2) is 0 Å². The number of nitrogens with two attached hydrogens (primary N) is 1. The molecule has 2 N–H and O–H groups in total. The quantitative estimate of drug-likeness (QED) is 0.803. The second kappa shape index (κ2) is 4.89. The Bertz CT molecular complexity index is 235. The molecule has 0 aliphatic carbocycles. The highest BCUT2D eigenvalue weighted by Crippen LogP contribution is 2.28. The van der Waals surface area contributed by atoms with Gasteiger partial charge in [0.05, 0.1) is 19.6 Å². The molecule has 1 saturated heterocycles. The molecule has 1 heterocycles. The molecule has 0 amide bonds. The lowest BCUT2D eigenvalue weighted by Gasteiger charge is -2.32. The van der Waals surface area contributed by atoms with Gasteiger partial charge in [0.25, 0.3) is 0 Å². The first kappa shape index (κ1) is 13.7. The molecule has 16 heavy (non-hydrogen) atoms. The second-order valence-corrected chi connectivity index (χ2v) is 4.88. The molecule has 6 heteroatoms. The molecule has 0 radical (unpaired) electrons. The smallest absolute Gasteiger partial charge is 0.379 e. The molecule has 1 aliphatic heterocycles. The summed E-state index contributed by atoms with van der Waals surface area (Å²) in [4.78, 5) is 1.67. The third kappa shape index (κ3) is 3.92. The van der Waals surface area contributed by atoms with Crippen LogP contribution in [0.25, 0.3) is 0 Å². The van der Waals surface area contributed by atoms with E-state index in [0.29, 0.717) is 19.8 Å². The first-order chi connectivity index (χ1) is 7.23. The predicted octanol–water partition coefficient (Wildman–Crippen LogP) is 1.23. The summed E-state index contributed by atoms with van der Waals surface area (Å²) >= 11 is 0. The van der Waals surface area contributed by atoms with Crippen molar-refractivity contribution in [1.29, 1.82) is 0 Å². The molecule has 1 aliphatic rings. The maximum Gasteiger partial charge on any atom is 0.390 e. The Labute approximate surface area is 93.7 Å². The summed E-state index contributed by atoms with van der Waals surface area (Å²) in [5.74, 6) is 0. The van der Waals surface area contributed by atoms with Crippen LogP contribution in [0.4, 0.5) is 13.2 Å². The van der Waals surface area contributed by atoms with E-state index >= 15 is 0 Å². The first-order valence-electron chi connectivity index (χ1n) is 5.31. The van der Waals surface area contributed by atoms with Crippen LogP contribution in [0.3, 0.4) is 0 Å². The van der Waals surface area contributed by atoms with Crippen LogP contribution in [0.1, 0.15) is 13.3 Å². The van der Waals surface area contributed by atoms with E-state index in [1.807, 2.05) is 6.92 Å². The third-order valence-corrected chi connectivity index (χ3v) is 3.03. The van der Waals surface area contributed by atoms with Crippen LogP contribution in [0.5, 0.6) is 0 Å². The number of hydrogen-bond donors (Lipinski definition) is 1. The standard InChI is InChI=1S/C10H19F3N2O/c1-9(7-16-5-8(9)14)6-15(2)4-3-10(11,12)13/h8H,3-7,14H2,1-2H3. The van der Waals surface area contributed by atoms with E-state index in [9.17, 15) is 13.2 Å². The van der Waals surface area contributed by atoms with Crippen LogP contribution < -0.4 is 5.73 Å². The van der Waals surface area contributed by atoms with E-state index in [-0.39, 0.29) is 18.0 Å². The molecule has 0 aromatic heterocycles. The summed E-state index contributed by atoms with van der Waals surface area (Å²) in [6.07, 6.45) is -4.88. The fourth-order valence-electron chi connectivity index (χ4n) is 1.90. The maximum atomic E-state index is 12.0. The van der Waals surface area contributed by atoms with Crippen LogP contribution in [0.2, 0.25) is 0 Å². The van der Waals surface area contributed by atoms with Crippen molar-refractivity contribution in [1.82, 2.24) is 4.90 Å². The normalized spacial score (nSPS) is 31.3. The summed E-state index contributed by atoms with van der Waals surface area (Å²) in [7, 11) is 1.68. The van der Waals surface area contributed by atoms with E-state index in [0.717, 1.165) is 0 Å². The minimum Gasteiger partial charge on any atom is -0.379 e. The zero-order valence-electron chi connectivity index (χ0n) is 9.68. The number of nitrogens with zero attached hydrogens (tertiary/aromatic N) is 1.